The Hall–Kier alpha value is -2.28. The van der Waals surface area contributed by atoms with E-state index >= 15 is 0 Å². The lowest BCUT2D eigenvalue weighted by Gasteiger charge is -2.13. The fourth-order valence-electron chi connectivity index (χ4n) is 1.86. The molecule has 0 saturated carbocycles. The maximum atomic E-state index is 11.9. The molecule has 0 bridgehead atoms. The van der Waals surface area contributed by atoms with Crippen molar-refractivity contribution in [3.8, 4) is 5.75 Å². The zero-order chi connectivity index (χ0) is 16.1. The van der Waals surface area contributed by atoms with Crippen molar-refractivity contribution < 1.29 is 14.1 Å². The third kappa shape index (κ3) is 4.11. The normalized spacial score (nSPS) is 11.8. The van der Waals surface area contributed by atoms with Crippen LogP contribution in [0.15, 0.2) is 22.7 Å². The molecule has 2 amide bonds. The molecule has 7 nitrogen and oxygen atoms in total. The SMILES string of the molecule is COc1ccc(Cl)cc1CNC(=O)NC(C)c1nc(C)no1. The second-order valence-electron chi connectivity index (χ2n) is 4.68. The number of nitrogens with one attached hydrogen (secondary N) is 2. The van der Waals surface area contributed by atoms with Crippen molar-refractivity contribution in [2.45, 2.75) is 26.4 Å². The van der Waals surface area contributed by atoms with Crippen LogP contribution in [0.5, 0.6) is 5.75 Å². The second-order valence-corrected chi connectivity index (χ2v) is 5.12. The van der Waals surface area contributed by atoms with E-state index in [1.165, 1.54) is 0 Å². The lowest BCUT2D eigenvalue weighted by molar-refractivity contribution is 0.233. The van der Waals surface area contributed by atoms with E-state index in [9.17, 15) is 4.79 Å². The fraction of sp³-hybridized carbons (Fsp3) is 0.357. The summed E-state index contributed by atoms with van der Waals surface area (Å²) in [6.45, 7) is 3.75. The molecule has 118 valence electrons. The van der Waals surface area contributed by atoms with Gasteiger partial charge in [0, 0.05) is 17.1 Å². The third-order valence-corrected chi connectivity index (χ3v) is 3.18. The van der Waals surface area contributed by atoms with Gasteiger partial charge in [-0.05, 0) is 32.0 Å². The van der Waals surface area contributed by atoms with Gasteiger partial charge >= 0.3 is 6.03 Å². The van der Waals surface area contributed by atoms with Crippen molar-refractivity contribution in [2.75, 3.05) is 7.11 Å². The monoisotopic (exact) mass is 324 g/mol. The lowest BCUT2D eigenvalue weighted by Crippen LogP contribution is -2.36. The highest BCUT2D eigenvalue weighted by Crippen LogP contribution is 2.22. The van der Waals surface area contributed by atoms with Crippen molar-refractivity contribution in [1.82, 2.24) is 20.8 Å². The van der Waals surface area contributed by atoms with Crippen LogP contribution in [0, 0.1) is 6.92 Å². The average molecular weight is 325 g/mol. The van der Waals surface area contributed by atoms with E-state index in [2.05, 4.69) is 20.8 Å². The highest BCUT2D eigenvalue weighted by molar-refractivity contribution is 6.30. The van der Waals surface area contributed by atoms with Crippen LogP contribution in [0.25, 0.3) is 0 Å². The highest BCUT2D eigenvalue weighted by atomic mass is 35.5. The van der Waals surface area contributed by atoms with Crippen molar-refractivity contribution in [3.05, 3.63) is 40.5 Å². The summed E-state index contributed by atoms with van der Waals surface area (Å²) >= 11 is 5.94. The van der Waals surface area contributed by atoms with Crippen molar-refractivity contribution in [1.29, 1.82) is 0 Å². The molecule has 2 N–H and O–H groups in total. The molecule has 1 unspecified atom stereocenters. The van der Waals surface area contributed by atoms with E-state index in [4.69, 9.17) is 20.9 Å². The van der Waals surface area contributed by atoms with Gasteiger partial charge in [-0.25, -0.2) is 4.79 Å². The van der Waals surface area contributed by atoms with Gasteiger partial charge in [0.2, 0.25) is 5.89 Å². The van der Waals surface area contributed by atoms with Gasteiger partial charge in [-0.1, -0.05) is 16.8 Å². The number of amides is 2. The van der Waals surface area contributed by atoms with Crippen LogP contribution in [0.4, 0.5) is 4.79 Å². The summed E-state index contributed by atoms with van der Waals surface area (Å²) in [4.78, 5) is 16.0. The summed E-state index contributed by atoms with van der Waals surface area (Å²) in [6.07, 6.45) is 0. The lowest BCUT2D eigenvalue weighted by atomic mass is 10.2. The molecule has 1 aromatic carbocycles. The van der Waals surface area contributed by atoms with Crippen molar-refractivity contribution in [2.24, 2.45) is 0 Å². The average Bonchev–Trinajstić information content (AvgIpc) is 2.92. The first-order valence-corrected chi connectivity index (χ1v) is 7.04. The molecule has 8 heteroatoms. The first kappa shape index (κ1) is 16.1. The zero-order valence-corrected chi connectivity index (χ0v) is 13.3. The van der Waals surface area contributed by atoms with Gasteiger partial charge in [0.05, 0.1) is 7.11 Å². The molecule has 1 heterocycles. The number of ether oxygens (including phenoxy) is 1. The van der Waals surface area contributed by atoms with Crippen LogP contribution in [0.2, 0.25) is 5.02 Å². The summed E-state index contributed by atoms with van der Waals surface area (Å²) in [7, 11) is 1.56. The number of urea groups is 1. The minimum absolute atomic E-state index is 0.283. The van der Waals surface area contributed by atoms with Crippen LogP contribution in [-0.2, 0) is 6.54 Å². The fourth-order valence-corrected chi connectivity index (χ4v) is 2.05. The predicted molar refractivity (Wildman–Crippen MR) is 80.8 cm³/mol. The van der Waals surface area contributed by atoms with Crippen LogP contribution in [0.3, 0.4) is 0 Å². The Morgan fingerprint density at radius 3 is 2.91 bits per heavy atom. The van der Waals surface area contributed by atoms with E-state index in [1.54, 1.807) is 39.2 Å². The summed E-state index contributed by atoms with van der Waals surface area (Å²) in [5.41, 5.74) is 0.784. The number of aryl methyl sites for hydroxylation is 1. The van der Waals surface area contributed by atoms with E-state index < -0.39 is 0 Å². The zero-order valence-electron chi connectivity index (χ0n) is 12.5. The molecular weight excluding hydrogens is 308 g/mol. The molecule has 0 aliphatic rings. The van der Waals surface area contributed by atoms with Gasteiger partial charge in [-0.2, -0.15) is 4.98 Å². The van der Waals surface area contributed by atoms with Crippen LogP contribution >= 0.6 is 11.6 Å². The highest BCUT2D eigenvalue weighted by Gasteiger charge is 2.15. The number of halogens is 1. The summed E-state index contributed by atoms with van der Waals surface area (Å²) in [5.74, 6) is 1.53. The number of carbonyl (C=O) groups is 1. The second kappa shape index (κ2) is 7.13. The van der Waals surface area contributed by atoms with E-state index in [-0.39, 0.29) is 18.6 Å². The molecule has 22 heavy (non-hydrogen) atoms. The van der Waals surface area contributed by atoms with E-state index in [0.29, 0.717) is 22.5 Å². The number of carbonyl (C=O) groups excluding carboxylic acids is 1. The molecule has 2 aromatic rings. The Kier molecular flexibility index (Phi) is 5.21. The molecule has 0 aliphatic carbocycles. The first-order valence-electron chi connectivity index (χ1n) is 6.66. The Morgan fingerprint density at radius 2 is 2.27 bits per heavy atom. The van der Waals surface area contributed by atoms with Gasteiger partial charge < -0.3 is 19.9 Å². The molecule has 0 spiro atoms. The number of hydrogen-bond donors (Lipinski definition) is 2. The van der Waals surface area contributed by atoms with Gasteiger partial charge in [0.25, 0.3) is 0 Å². The summed E-state index contributed by atoms with van der Waals surface area (Å²) in [5, 5.41) is 9.70. The molecule has 0 saturated heterocycles. The smallest absolute Gasteiger partial charge is 0.315 e. The largest absolute Gasteiger partial charge is 0.496 e. The Bertz CT molecular complexity index is 659. The van der Waals surface area contributed by atoms with Gasteiger partial charge in [-0.3, -0.25) is 0 Å². The number of aromatic nitrogens is 2. The van der Waals surface area contributed by atoms with Crippen LogP contribution in [-0.4, -0.2) is 23.3 Å². The molecule has 1 aromatic heterocycles. The quantitative estimate of drug-likeness (QED) is 0.882. The first-order chi connectivity index (χ1) is 10.5. The molecule has 0 fully saturated rings. The van der Waals surface area contributed by atoms with Crippen LogP contribution in [0.1, 0.15) is 30.2 Å². The maximum Gasteiger partial charge on any atom is 0.315 e. The number of benzene rings is 1. The van der Waals surface area contributed by atoms with Crippen LogP contribution < -0.4 is 15.4 Å². The summed E-state index contributed by atoms with van der Waals surface area (Å²) in [6, 6.07) is 4.48. The van der Waals surface area contributed by atoms with E-state index in [1.807, 2.05) is 0 Å². The third-order valence-electron chi connectivity index (χ3n) is 2.94. The Balaban J connectivity index is 1.91. The predicted octanol–water partition coefficient (Wildman–Crippen LogP) is 2.60. The van der Waals surface area contributed by atoms with E-state index in [0.717, 1.165) is 5.56 Å². The molecule has 0 radical (unpaired) electrons. The number of nitrogens with zero attached hydrogens (tertiary/aromatic N) is 2. The van der Waals surface area contributed by atoms with Gasteiger partial charge in [0.1, 0.15) is 11.8 Å². The van der Waals surface area contributed by atoms with Crippen molar-refractivity contribution in [3.63, 3.8) is 0 Å². The Labute approximate surface area is 133 Å². The molecule has 2 rings (SSSR count). The number of hydrogen-bond acceptors (Lipinski definition) is 5. The topological polar surface area (TPSA) is 89.3 Å². The maximum absolute atomic E-state index is 11.9. The molecular formula is C14H17ClN4O3. The molecule has 0 aliphatic heterocycles. The number of methoxy groups -OCH3 is 1. The van der Waals surface area contributed by atoms with Crippen molar-refractivity contribution >= 4 is 17.6 Å². The minimum Gasteiger partial charge on any atom is -0.496 e. The minimum atomic E-state index is -0.387. The summed E-state index contributed by atoms with van der Waals surface area (Å²) < 4.78 is 10.2. The Morgan fingerprint density at radius 1 is 1.50 bits per heavy atom. The number of rotatable bonds is 5. The van der Waals surface area contributed by atoms with Gasteiger partial charge in [0.15, 0.2) is 5.82 Å². The standard InChI is InChI=1S/C14H17ClN4O3/c1-8(13-18-9(2)19-22-13)17-14(20)16-7-10-6-11(15)4-5-12(10)21-3/h4-6,8H,7H2,1-3H3,(H2,16,17,20). The molecule has 1 atom stereocenters. The van der Waals surface area contributed by atoms with Gasteiger partial charge in [-0.15, -0.1) is 0 Å².